The molecule has 0 saturated heterocycles. The summed E-state index contributed by atoms with van der Waals surface area (Å²) in [6.45, 7) is 0.149. The van der Waals surface area contributed by atoms with Crippen LogP contribution in [0.3, 0.4) is 0 Å². The molecule has 170 valence electrons. The molecule has 2 amide bonds. The van der Waals surface area contributed by atoms with Gasteiger partial charge in [0.1, 0.15) is 12.4 Å². The van der Waals surface area contributed by atoms with Crippen molar-refractivity contribution >= 4 is 46.9 Å². The molecule has 0 bridgehead atoms. The molecular formula is C23H18Cl2FN3O4. The predicted octanol–water partition coefficient (Wildman–Crippen LogP) is 4.81. The van der Waals surface area contributed by atoms with Gasteiger partial charge in [-0.25, -0.2) is 9.82 Å². The second-order valence-electron chi connectivity index (χ2n) is 6.55. The van der Waals surface area contributed by atoms with Crippen LogP contribution in [0.4, 0.5) is 10.1 Å². The lowest BCUT2D eigenvalue weighted by Gasteiger charge is -2.13. The Labute approximate surface area is 199 Å². The van der Waals surface area contributed by atoms with E-state index >= 15 is 0 Å². The molecule has 0 spiro atoms. The van der Waals surface area contributed by atoms with E-state index in [0.29, 0.717) is 17.1 Å². The quantitative estimate of drug-likeness (QED) is 0.283. The fourth-order valence-corrected chi connectivity index (χ4v) is 3.02. The van der Waals surface area contributed by atoms with E-state index in [9.17, 15) is 14.0 Å². The van der Waals surface area contributed by atoms with Gasteiger partial charge >= 0.3 is 11.8 Å². The topological polar surface area (TPSA) is 89.0 Å². The highest BCUT2D eigenvalue weighted by Gasteiger charge is 2.16. The molecular weight excluding hydrogens is 472 g/mol. The average molecular weight is 490 g/mol. The molecule has 3 aromatic rings. The summed E-state index contributed by atoms with van der Waals surface area (Å²) in [6.07, 6.45) is 1.31. The minimum Gasteiger partial charge on any atom is -0.493 e. The Balaban J connectivity index is 1.67. The lowest BCUT2D eigenvalue weighted by Crippen LogP contribution is -2.32. The Bertz CT molecular complexity index is 1190. The van der Waals surface area contributed by atoms with Crippen molar-refractivity contribution in [1.29, 1.82) is 0 Å². The van der Waals surface area contributed by atoms with Crippen LogP contribution in [-0.2, 0) is 16.2 Å². The number of benzene rings is 3. The highest BCUT2D eigenvalue weighted by molar-refractivity contribution is 6.45. The number of nitrogens with zero attached hydrogens (tertiary/aromatic N) is 1. The molecule has 33 heavy (non-hydrogen) atoms. The second kappa shape index (κ2) is 11.3. The van der Waals surface area contributed by atoms with E-state index in [1.807, 2.05) is 0 Å². The number of carbonyl (C=O) groups is 2. The van der Waals surface area contributed by atoms with E-state index in [4.69, 9.17) is 32.7 Å². The van der Waals surface area contributed by atoms with Crippen molar-refractivity contribution in [3.05, 3.63) is 87.7 Å². The van der Waals surface area contributed by atoms with E-state index in [0.717, 1.165) is 5.56 Å². The van der Waals surface area contributed by atoms with Crippen LogP contribution < -0.4 is 20.2 Å². The Hall–Kier alpha value is -3.62. The SMILES string of the molecule is COc1cccc(/C=N\NC(=O)C(=O)Nc2cccc(Cl)c2Cl)c1OCc1ccc(F)cc1. The molecule has 0 heterocycles. The first kappa shape index (κ1) is 24.0. The molecule has 0 saturated carbocycles. The number of ether oxygens (including phenoxy) is 2. The fourth-order valence-electron chi connectivity index (χ4n) is 2.68. The minimum atomic E-state index is -1.01. The van der Waals surface area contributed by atoms with Crippen LogP contribution in [0.2, 0.25) is 10.0 Å². The van der Waals surface area contributed by atoms with E-state index < -0.39 is 11.8 Å². The zero-order chi connectivity index (χ0) is 23.8. The Morgan fingerprint density at radius 2 is 1.76 bits per heavy atom. The third-order valence-corrected chi connectivity index (χ3v) is 5.12. The Morgan fingerprint density at radius 3 is 2.48 bits per heavy atom. The van der Waals surface area contributed by atoms with Gasteiger partial charge in [0.15, 0.2) is 11.5 Å². The first-order chi connectivity index (χ1) is 15.9. The van der Waals surface area contributed by atoms with E-state index in [2.05, 4.69) is 15.8 Å². The summed E-state index contributed by atoms with van der Waals surface area (Å²) < 4.78 is 24.3. The van der Waals surface area contributed by atoms with Crippen LogP contribution in [0.15, 0.2) is 65.8 Å². The van der Waals surface area contributed by atoms with Crippen molar-refractivity contribution in [3.8, 4) is 11.5 Å². The van der Waals surface area contributed by atoms with Crippen molar-refractivity contribution in [3.63, 3.8) is 0 Å². The van der Waals surface area contributed by atoms with Crippen molar-refractivity contribution in [2.75, 3.05) is 12.4 Å². The smallest absolute Gasteiger partial charge is 0.329 e. The molecule has 0 aliphatic carbocycles. The summed E-state index contributed by atoms with van der Waals surface area (Å²) in [4.78, 5) is 24.2. The molecule has 0 fully saturated rings. The van der Waals surface area contributed by atoms with Crippen molar-refractivity contribution < 1.29 is 23.5 Å². The summed E-state index contributed by atoms with van der Waals surface area (Å²) in [5.74, 6) is -1.55. The summed E-state index contributed by atoms with van der Waals surface area (Å²) >= 11 is 11.9. The molecule has 0 radical (unpaired) electrons. The predicted molar refractivity (Wildman–Crippen MR) is 125 cm³/mol. The third kappa shape index (κ3) is 6.44. The minimum absolute atomic E-state index is 0.114. The van der Waals surface area contributed by atoms with Crippen LogP contribution in [0, 0.1) is 5.82 Å². The third-order valence-electron chi connectivity index (χ3n) is 4.30. The van der Waals surface area contributed by atoms with Gasteiger partial charge in [0.25, 0.3) is 0 Å². The van der Waals surface area contributed by atoms with Gasteiger partial charge in [-0.1, -0.05) is 47.5 Å². The molecule has 0 aliphatic heterocycles. The van der Waals surface area contributed by atoms with Crippen molar-refractivity contribution in [2.24, 2.45) is 5.10 Å². The standard InChI is InChI=1S/C23H18Cl2FN3O4/c1-32-19-7-2-4-15(21(19)33-13-14-8-10-16(26)11-9-14)12-27-29-23(31)22(30)28-18-6-3-5-17(24)20(18)25/h2-12H,13H2,1H3,(H,28,30)(H,29,31)/b27-12-. The van der Waals surface area contributed by atoms with E-state index in [-0.39, 0.29) is 28.2 Å². The molecule has 2 N–H and O–H groups in total. The van der Waals surface area contributed by atoms with E-state index in [1.165, 1.54) is 31.5 Å². The maximum Gasteiger partial charge on any atom is 0.329 e. The maximum atomic E-state index is 13.1. The van der Waals surface area contributed by atoms with Gasteiger partial charge in [0.2, 0.25) is 0 Å². The highest BCUT2D eigenvalue weighted by Crippen LogP contribution is 2.31. The molecule has 0 aliphatic rings. The fraction of sp³-hybridized carbons (Fsp3) is 0.0870. The Morgan fingerprint density at radius 1 is 1.03 bits per heavy atom. The Kier molecular flexibility index (Phi) is 8.23. The molecule has 0 atom stereocenters. The zero-order valence-corrected chi connectivity index (χ0v) is 18.8. The lowest BCUT2D eigenvalue weighted by atomic mass is 10.2. The summed E-state index contributed by atoms with van der Waals surface area (Å²) in [7, 11) is 1.48. The number of nitrogens with one attached hydrogen (secondary N) is 2. The molecule has 7 nitrogen and oxygen atoms in total. The number of hydrogen-bond acceptors (Lipinski definition) is 5. The number of carbonyl (C=O) groups excluding carboxylic acids is 2. The summed E-state index contributed by atoms with van der Waals surface area (Å²) in [5, 5.41) is 6.53. The number of amides is 2. The lowest BCUT2D eigenvalue weighted by molar-refractivity contribution is -0.136. The maximum absolute atomic E-state index is 13.1. The highest BCUT2D eigenvalue weighted by atomic mass is 35.5. The van der Waals surface area contributed by atoms with Gasteiger partial charge < -0.3 is 14.8 Å². The first-order valence-corrected chi connectivity index (χ1v) is 10.3. The molecule has 0 unspecified atom stereocenters. The molecule has 3 aromatic carbocycles. The second-order valence-corrected chi connectivity index (χ2v) is 7.33. The number of rotatable bonds is 7. The van der Waals surface area contributed by atoms with Crippen LogP contribution >= 0.6 is 23.2 Å². The van der Waals surface area contributed by atoms with Gasteiger partial charge in [-0.3, -0.25) is 9.59 Å². The number of hydrazone groups is 1. The van der Waals surface area contributed by atoms with Gasteiger partial charge in [-0.05, 0) is 42.0 Å². The largest absolute Gasteiger partial charge is 0.493 e. The number of methoxy groups -OCH3 is 1. The van der Waals surface area contributed by atoms with Crippen LogP contribution in [0.5, 0.6) is 11.5 Å². The zero-order valence-electron chi connectivity index (χ0n) is 17.3. The molecule has 3 rings (SSSR count). The first-order valence-electron chi connectivity index (χ1n) is 9.51. The summed E-state index contributed by atoms with van der Waals surface area (Å²) in [5.41, 5.74) is 3.55. The summed E-state index contributed by atoms with van der Waals surface area (Å²) in [6, 6.07) is 15.6. The van der Waals surface area contributed by atoms with Gasteiger partial charge in [-0.2, -0.15) is 5.10 Å². The number of halogens is 3. The van der Waals surface area contributed by atoms with Gasteiger partial charge in [0.05, 0.1) is 29.1 Å². The molecule has 0 aromatic heterocycles. The van der Waals surface area contributed by atoms with Gasteiger partial charge in [-0.15, -0.1) is 0 Å². The molecule has 10 heteroatoms. The van der Waals surface area contributed by atoms with Crippen molar-refractivity contribution in [2.45, 2.75) is 6.61 Å². The van der Waals surface area contributed by atoms with E-state index in [1.54, 1.807) is 42.5 Å². The number of anilines is 1. The number of para-hydroxylation sites is 1. The normalized spacial score (nSPS) is 10.7. The number of hydrogen-bond donors (Lipinski definition) is 2. The average Bonchev–Trinajstić information content (AvgIpc) is 2.81. The van der Waals surface area contributed by atoms with Crippen LogP contribution in [0.1, 0.15) is 11.1 Å². The van der Waals surface area contributed by atoms with Gasteiger partial charge in [0, 0.05) is 5.56 Å². The monoisotopic (exact) mass is 489 g/mol. The van der Waals surface area contributed by atoms with Crippen LogP contribution in [-0.4, -0.2) is 25.1 Å². The van der Waals surface area contributed by atoms with Crippen LogP contribution in [0.25, 0.3) is 0 Å². The van der Waals surface area contributed by atoms with Crippen molar-refractivity contribution in [1.82, 2.24) is 5.43 Å².